The second kappa shape index (κ2) is 8.48. The third-order valence-corrected chi connectivity index (χ3v) is 6.69. The van der Waals surface area contributed by atoms with Gasteiger partial charge in [-0.15, -0.1) is 0 Å². The minimum Gasteiger partial charge on any atom is -0.362 e. The number of halogens is 1. The van der Waals surface area contributed by atoms with Crippen molar-refractivity contribution in [2.45, 2.75) is 51.4 Å². The molecule has 31 heavy (non-hydrogen) atoms. The summed E-state index contributed by atoms with van der Waals surface area (Å²) < 4.78 is 9.34. The summed E-state index contributed by atoms with van der Waals surface area (Å²) in [7, 11) is 0. The lowest BCUT2D eigenvalue weighted by Gasteiger charge is -2.31. The fourth-order valence-corrected chi connectivity index (χ4v) is 4.80. The third-order valence-electron chi connectivity index (χ3n) is 6.34. The number of hydrogen-bond donors (Lipinski definition) is 0. The Labute approximate surface area is 186 Å². The Hall–Kier alpha value is -2.64. The molecule has 7 nitrogen and oxygen atoms in total. The van der Waals surface area contributed by atoms with E-state index in [0.29, 0.717) is 18.8 Å². The lowest BCUT2D eigenvalue weighted by molar-refractivity contribution is -0.0424. The van der Waals surface area contributed by atoms with Gasteiger partial charge in [0, 0.05) is 25.3 Å². The molecule has 0 spiro atoms. The zero-order valence-corrected chi connectivity index (χ0v) is 18.3. The van der Waals surface area contributed by atoms with E-state index in [2.05, 4.69) is 50.7 Å². The Morgan fingerprint density at radius 2 is 2.06 bits per heavy atom. The van der Waals surface area contributed by atoms with Gasteiger partial charge >= 0.3 is 0 Å². The molecule has 2 aromatic heterocycles. The van der Waals surface area contributed by atoms with E-state index in [1.165, 1.54) is 15.9 Å². The Bertz CT molecular complexity index is 1120. The third kappa shape index (κ3) is 3.77. The van der Waals surface area contributed by atoms with Gasteiger partial charge in [-0.05, 0) is 31.7 Å². The number of ether oxygens (including phenoxy) is 1. The Balaban J connectivity index is 1.38. The molecule has 3 aromatic rings. The van der Waals surface area contributed by atoms with Crippen LogP contribution >= 0.6 is 11.6 Å². The van der Waals surface area contributed by atoms with Crippen molar-refractivity contribution in [3.8, 4) is 0 Å². The molecule has 0 amide bonds. The number of imidazole rings is 1. The maximum atomic E-state index is 12.9. The second-order valence-electron chi connectivity index (χ2n) is 8.22. The highest BCUT2D eigenvalue weighted by Crippen LogP contribution is 2.30. The SMILES string of the molecule is CC(c1ccccc1)n1cnc2c1CCN(c1cnn(C3CCCCO3)c(=O)c1Cl)C2. The molecule has 1 fully saturated rings. The second-order valence-corrected chi connectivity index (χ2v) is 8.60. The maximum Gasteiger partial charge on any atom is 0.290 e. The molecular weight excluding hydrogens is 414 g/mol. The first-order chi connectivity index (χ1) is 15.1. The molecule has 5 rings (SSSR count). The van der Waals surface area contributed by atoms with Crippen LogP contribution in [0.1, 0.15) is 55.4 Å². The fourth-order valence-electron chi connectivity index (χ4n) is 4.54. The molecule has 0 aliphatic carbocycles. The lowest BCUT2D eigenvalue weighted by atomic mass is 10.1. The lowest BCUT2D eigenvalue weighted by Crippen LogP contribution is -2.36. The molecule has 8 heteroatoms. The van der Waals surface area contributed by atoms with Crippen molar-refractivity contribution < 1.29 is 4.74 Å². The van der Waals surface area contributed by atoms with Gasteiger partial charge in [0.15, 0.2) is 6.23 Å². The molecular formula is C23H26ClN5O2. The van der Waals surface area contributed by atoms with Crippen molar-refractivity contribution in [1.82, 2.24) is 19.3 Å². The van der Waals surface area contributed by atoms with E-state index in [-0.39, 0.29) is 22.9 Å². The summed E-state index contributed by atoms with van der Waals surface area (Å²) in [6.07, 6.45) is 6.95. The van der Waals surface area contributed by atoms with Crippen LogP contribution in [-0.4, -0.2) is 32.5 Å². The molecule has 0 N–H and O–H groups in total. The normalized spacial score (nSPS) is 19.8. The van der Waals surface area contributed by atoms with Crippen molar-refractivity contribution in [2.75, 3.05) is 18.1 Å². The smallest absolute Gasteiger partial charge is 0.290 e. The monoisotopic (exact) mass is 439 g/mol. The summed E-state index contributed by atoms with van der Waals surface area (Å²) in [5.41, 5.74) is 3.88. The van der Waals surface area contributed by atoms with Gasteiger partial charge in [0.25, 0.3) is 5.56 Å². The summed E-state index contributed by atoms with van der Waals surface area (Å²) in [4.78, 5) is 19.6. The molecule has 0 bridgehead atoms. The summed E-state index contributed by atoms with van der Waals surface area (Å²) in [6.45, 7) is 4.20. The molecule has 2 atom stereocenters. The van der Waals surface area contributed by atoms with Crippen molar-refractivity contribution in [1.29, 1.82) is 0 Å². The zero-order valence-electron chi connectivity index (χ0n) is 17.6. The van der Waals surface area contributed by atoms with Gasteiger partial charge in [-0.2, -0.15) is 9.78 Å². The highest BCUT2D eigenvalue weighted by Gasteiger charge is 2.27. The van der Waals surface area contributed by atoms with Crippen LogP contribution < -0.4 is 10.5 Å². The average molecular weight is 440 g/mol. The quantitative estimate of drug-likeness (QED) is 0.615. The molecule has 1 aromatic carbocycles. The predicted octanol–water partition coefficient (Wildman–Crippen LogP) is 3.96. The highest BCUT2D eigenvalue weighted by atomic mass is 35.5. The van der Waals surface area contributed by atoms with Gasteiger partial charge in [-0.1, -0.05) is 41.9 Å². The molecule has 0 saturated carbocycles. The first-order valence-electron chi connectivity index (χ1n) is 10.9. The summed E-state index contributed by atoms with van der Waals surface area (Å²) in [5.74, 6) is 0. The maximum absolute atomic E-state index is 12.9. The first-order valence-corrected chi connectivity index (χ1v) is 11.2. The van der Waals surface area contributed by atoms with Crippen LogP contribution in [0.3, 0.4) is 0 Å². The highest BCUT2D eigenvalue weighted by molar-refractivity contribution is 6.33. The van der Waals surface area contributed by atoms with E-state index < -0.39 is 0 Å². The van der Waals surface area contributed by atoms with Gasteiger partial charge in [-0.25, -0.2) is 4.98 Å². The van der Waals surface area contributed by atoms with Crippen LogP contribution in [0.2, 0.25) is 5.02 Å². The van der Waals surface area contributed by atoms with Gasteiger partial charge < -0.3 is 14.2 Å². The average Bonchev–Trinajstić information content (AvgIpc) is 3.24. The van der Waals surface area contributed by atoms with Crippen LogP contribution in [0.5, 0.6) is 0 Å². The van der Waals surface area contributed by atoms with E-state index in [4.69, 9.17) is 16.3 Å². The first kappa shape index (κ1) is 20.3. The Morgan fingerprint density at radius 1 is 1.23 bits per heavy atom. The molecule has 162 valence electrons. The fraction of sp³-hybridized carbons (Fsp3) is 0.435. The van der Waals surface area contributed by atoms with E-state index >= 15 is 0 Å². The summed E-state index contributed by atoms with van der Waals surface area (Å²) in [5, 5.41) is 4.59. The molecule has 2 unspecified atom stereocenters. The van der Waals surface area contributed by atoms with Gasteiger partial charge in [0.1, 0.15) is 5.02 Å². The molecule has 1 saturated heterocycles. The number of benzene rings is 1. The van der Waals surface area contributed by atoms with Crippen LogP contribution in [0.15, 0.2) is 47.7 Å². The van der Waals surface area contributed by atoms with Crippen molar-refractivity contribution >= 4 is 17.3 Å². The number of nitrogens with zero attached hydrogens (tertiary/aromatic N) is 5. The number of anilines is 1. The zero-order chi connectivity index (χ0) is 21.4. The Kier molecular flexibility index (Phi) is 5.54. The van der Waals surface area contributed by atoms with Crippen molar-refractivity contribution in [3.63, 3.8) is 0 Å². The van der Waals surface area contributed by atoms with Crippen molar-refractivity contribution in [3.05, 3.63) is 75.2 Å². The number of hydrogen-bond acceptors (Lipinski definition) is 5. The van der Waals surface area contributed by atoms with E-state index in [9.17, 15) is 4.79 Å². The summed E-state index contributed by atoms with van der Waals surface area (Å²) in [6, 6.07) is 10.7. The minimum atomic E-state index is -0.323. The number of rotatable bonds is 4. The van der Waals surface area contributed by atoms with Crippen LogP contribution in [0.25, 0.3) is 0 Å². The molecule has 4 heterocycles. The van der Waals surface area contributed by atoms with Crippen molar-refractivity contribution in [2.24, 2.45) is 0 Å². The number of fused-ring (bicyclic) bond motifs is 1. The minimum absolute atomic E-state index is 0.199. The van der Waals surface area contributed by atoms with Gasteiger partial charge in [-0.3, -0.25) is 4.79 Å². The predicted molar refractivity (Wildman–Crippen MR) is 120 cm³/mol. The van der Waals surface area contributed by atoms with E-state index in [0.717, 1.165) is 37.9 Å². The van der Waals surface area contributed by atoms with E-state index in [1.807, 2.05) is 12.4 Å². The summed E-state index contributed by atoms with van der Waals surface area (Å²) >= 11 is 6.52. The topological polar surface area (TPSA) is 65.2 Å². The van der Waals surface area contributed by atoms with Crippen LogP contribution in [-0.2, 0) is 17.7 Å². The number of aromatic nitrogens is 4. The molecule has 0 radical (unpaired) electrons. The van der Waals surface area contributed by atoms with E-state index in [1.54, 1.807) is 6.20 Å². The van der Waals surface area contributed by atoms with Crippen LogP contribution in [0, 0.1) is 0 Å². The Morgan fingerprint density at radius 3 is 2.84 bits per heavy atom. The standard InChI is InChI=1S/C23H26ClN5O2/c1-16(17-7-3-2-4-8-17)28-15-25-18-14-27(11-10-19(18)28)20-13-26-29(23(30)22(20)24)21-9-5-6-12-31-21/h2-4,7-8,13,15-16,21H,5-6,9-12,14H2,1H3. The van der Waals surface area contributed by atoms with Gasteiger partial charge in [0.05, 0.1) is 36.5 Å². The molecule has 2 aliphatic heterocycles. The van der Waals surface area contributed by atoms with Crippen LogP contribution in [0.4, 0.5) is 5.69 Å². The van der Waals surface area contributed by atoms with Gasteiger partial charge in [0.2, 0.25) is 0 Å². The molecule has 2 aliphatic rings. The largest absolute Gasteiger partial charge is 0.362 e.